The molecule has 0 aliphatic heterocycles. The lowest BCUT2D eigenvalue weighted by Crippen LogP contribution is -2.27. The molecule has 2 N–H and O–H groups in total. The van der Waals surface area contributed by atoms with Gasteiger partial charge in [-0.1, -0.05) is 36.8 Å². The fraction of sp³-hybridized carbons (Fsp3) is 0.538. The molecule has 0 saturated carbocycles. The number of hydrogen-bond donors (Lipinski definition) is 2. The van der Waals surface area contributed by atoms with Crippen molar-refractivity contribution < 1.29 is 5.11 Å². The van der Waals surface area contributed by atoms with Crippen molar-refractivity contribution in [3.63, 3.8) is 0 Å². The van der Waals surface area contributed by atoms with E-state index in [1.165, 1.54) is 11.1 Å². The predicted octanol–water partition coefficient (Wildman–Crippen LogP) is 2.27. The highest BCUT2D eigenvalue weighted by Crippen LogP contribution is 2.24. The zero-order chi connectivity index (χ0) is 11.3. The first-order valence-electron chi connectivity index (χ1n) is 5.57. The second kappa shape index (κ2) is 5.89. The van der Waals surface area contributed by atoms with Crippen LogP contribution in [0, 0.1) is 12.8 Å². The fourth-order valence-corrected chi connectivity index (χ4v) is 2.01. The maximum absolute atomic E-state index is 9.32. The normalized spacial score (nSPS) is 14.9. The van der Waals surface area contributed by atoms with Crippen LogP contribution in [-0.4, -0.2) is 18.8 Å². The summed E-state index contributed by atoms with van der Waals surface area (Å²) in [5.41, 5.74) is 2.53. The van der Waals surface area contributed by atoms with Crippen LogP contribution < -0.4 is 5.32 Å². The second-order valence-electron chi connectivity index (χ2n) is 4.03. The molecule has 1 aromatic rings. The van der Waals surface area contributed by atoms with Crippen LogP contribution in [0.1, 0.15) is 30.5 Å². The number of hydrogen-bond acceptors (Lipinski definition) is 2. The maximum atomic E-state index is 9.32. The Kier molecular flexibility index (Phi) is 4.79. The topological polar surface area (TPSA) is 32.3 Å². The summed E-state index contributed by atoms with van der Waals surface area (Å²) < 4.78 is 0. The summed E-state index contributed by atoms with van der Waals surface area (Å²) in [6, 6.07) is 8.71. The lowest BCUT2D eigenvalue weighted by molar-refractivity contribution is 0.189. The Hall–Kier alpha value is -0.860. The minimum absolute atomic E-state index is 0.232. The molecule has 0 radical (unpaired) electrons. The molecule has 2 unspecified atom stereocenters. The Morgan fingerprint density at radius 1 is 1.40 bits per heavy atom. The van der Waals surface area contributed by atoms with E-state index in [1.54, 1.807) is 0 Å². The average molecular weight is 207 g/mol. The molecule has 2 heteroatoms. The maximum Gasteiger partial charge on any atom is 0.0477 e. The zero-order valence-electron chi connectivity index (χ0n) is 9.83. The van der Waals surface area contributed by atoms with Gasteiger partial charge in [0.2, 0.25) is 0 Å². The van der Waals surface area contributed by atoms with E-state index in [4.69, 9.17) is 0 Å². The highest BCUT2D eigenvalue weighted by atomic mass is 16.3. The van der Waals surface area contributed by atoms with Crippen molar-refractivity contribution in [2.75, 3.05) is 13.7 Å². The van der Waals surface area contributed by atoms with E-state index in [-0.39, 0.29) is 18.6 Å². The molecule has 2 atom stereocenters. The minimum atomic E-state index is 0.232. The van der Waals surface area contributed by atoms with Crippen molar-refractivity contribution >= 4 is 0 Å². The summed E-state index contributed by atoms with van der Waals surface area (Å²) in [6.45, 7) is 4.44. The van der Waals surface area contributed by atoms with Gasteiger partial charge in [0.1, 0.15) is 0 Å². The third-order valence-electron chi connectivity index (χ3n) is 2.94. The summed E-state index contributed by atoms with van der Waals surface area (Å²) in [5, 5.41) is 12.6. The molecule has 0 saturated heterocycles. The van der Waals surface area contributed by atoms with Crippen molar-refractivity contribution in [2.24, 2.45) is 5.92 Å². The van der Waals surface area contributed by atoms with Crippen LogP contribution in [-0.2, 0) is 0 Å². The minimum Gasteiger partial charge on any atom is -0.396 e. The lowest BCUT2D eigenvalue weighted by atomic mass is 9.91. The SMILES string of the molecule is CCC(CO)C(NC)c1cccc(C)c1. The number of aliphatic hydroxyl groups is 1. The molecule has 0 spiro atoms. The molecular formula is C13H21NO. The van der Waals surface area contributed by atoms with E-state index >= 15 is 0 Å². The monoisotopic (exact) mass is 207 g/mol. The highest BCUT2D eigenvalue weighted by molar-refractivity contribution is 5.25. The summed E-state index contributed by atoms with van der Waals surface area (Å²) in [6.07, 6.45) is 0.982. The molecule has 1 rings (SSSR count). The Labute approximate surface area is 92.3 Å². The van der Waals surface area contributed by atoms with Gasteiger partial charge in [0, 0.05) is 18.6 Å². The number of nitrogens with one attached hydrogen (secondary N) is 1. The third-order valence-corrected chi connectivity index (χ3v) is 2.94. The second-order valence-corrected chi connectivity index (χ2v) is 4.03. The summed E-state index contributed by atoms with van der Waals surface area (Å²) in [4.78, 5) is 0. The molecule has 2 nitrogen and oxygen atoms in total. The van der Waals surface area contributed by atoms with Gasteiger partial charge in [0.25, 0.3) is 0 Å². The van der Waals surface area contributed by atoms with Crippen molar-refractivity contribution in [1.82, 2.24) is 5.32 Å². The number of benzene rings is 1. The third kappa shape index (κ3) is 3.05. The van der Waals surface area contributed by atoms with Crippen LogP contribution in [0.25, 0.3) is 0 Å². The van der Waals surface area contributed by atoms with Crippen molar-refractivity contribution in [2.45, 2.75) is 26.3 Å². The first-order valence-corrected chi connectivity index (χ1v) is 5.57. The fourth-order valence-electron chi connectivity index (χ4n) is 2.01. The van der Waals surface area contributed by atoms with Gasteiger partial charge < -0.3 is 10.4 Å². The molecule has 0 amide bonds. The molecule has 0 heterocycles. The number of aryl methyl sites for hydroxylation is 1. The summed E-state index contributed by atoms with van der Waals surface area (Å²) in [7, 11) is 1.95. The van der Waals surface area contributed by atoms with E-state index < -0.39 is 0 Å². The molecule has 0 aliphatic rings. The average Bonchev–Trinajstić information content (AvgIpc) is 2.25. The quantitative estimate of drug-likeness (QED) is 0.776. The first kappa shape index (κ1) is 12.2. The van der Waals surface area contributed by atoms with Gasteiger partial charge in [-0.25, -0.2) is 0 Å². The largest absolute Gasteiger partial charge is 0.396 e. The van der Waals surface area contributed by atoms with Crippen LogP contribution in [0.15, 0.2) is 24.3 Å². The van der Waals surface area contributed by atoms with Crippen LogP contribution >= 0.6 is 0 Å². The van der Waals surface area contributed by atoms with Gasteiger partial charge >= 0.3 is 0 Å². The van der Waals surface area contributed by atoms with Gasteiger partial charge in [-0.2, -0.15) is 0 Å². The van der Waals surface area contributed by atoms with E-state index in [1.807, 2.05) is 7.05 Å². The van der Waals surface area contributed by atoms with Gasteiger partial charge in [0.05, 0.1) is 0 Å². The lowest BCUT2D eigenvalue weighted by Gasteiger charge is -2.24. The molecule has 0 fully saturated rings. The van der Waals surface area contributed by atoms with Crippen molar-refractivity contribution in [1.29, 1.82) is 0 Å². The predicted molar refractivity (Wildman–Crippen MR) is 63.8 cm³/mol. The molecule has 84 valence electrons. The van der Waals surface area contributed by atoms with Crippen LogP contribution in [0.5, 0.6) is 0 Å². The van der Waals surface area contributed by atoms with Crippen LogP contribution in [0.3, 0.4) is 0 Å². The van der Waals surface area contributed by atoms with Crippen molar-refractivity contribution in [3.8, 4) is 0 Å². The first-order chi connectivity index (χ1) is 7.22. The summed E-state index contributed by atoms with van der Waals surface area (Å²) in [5.74, 6) is 0.289. The highest BCUT2D eigenvalue weighted by Gasteiger charge is 2.19. The van der Waals surface area contributed by atoms with E-state index in [9.17, 15) is 5.11 Å². The molecule has 0 aromatic heterocycles. The summed E-state index contributed by atoms with van der Waals surface area (Å²) >= 11 is 0. The van der Waals surface area contributed by atoms with E-state index in [0.29, 0.717) is 0 Å². The smallest absolute Gasteiger partial charge is 0.0477 e. The van der Waals surface area contributed by atoms with E-state index in [2.05, 4.69) is 43.4 Å². The Balaban J connectivity index is 2.90. The Bertz CT molecular complexity index is 294. The number of aliphatic hydroxyl groups excluding tert-OH is 1. The van der Waals surface area contributed by atoms with Crippen LogP contribution in [0.2, 0.25) is 0 Å². The Morgan fingerprint density at radius 3 is 2.60 bits per heavy atom. The zero-order valence-corrected chi connectivity index (χ0v) is 9.83. The van der Waals surface area contributed by atoms with Gasteiger partial charge in [0.15, 0.2) is 0 Å². The van der Waals surface area contributed by atoms with Crippen molar-refractivity contribution in [3.05, 3.63) is 35.4 Å². The van der Waals surface area contributed by atoms with Gasteiger partial charge in [-0.15, -0.1) is 0 Å². The Morgan fingerprint density at radius 2 is 2.13 bits per heavy atom. The van der Waals surface area contributed by atoms with Gasteiger partial charge in [-0.05, 0) is 26.0 Å². The number of rotatable bonds is 5. The molecular weight excluding hydrogens is 186 g/mol. The standard InChI is InChI=1S/C13H21NO/c1-4-11(9-15)13(14-3)12-7-5-6-10(2)8-12/h5-8,11,13-15H,4,9H2,1-3H3. The molecule has 15 heavy (non-hydrogen) atoms. The van der Waals surface area contributed by atoms with E-state index in [0.717, 1.165) is 6.42 Å². The van der Waals surface area contributed by atoms with Crippen LogP contribution in [0.4, 0.5) is 0 Å². The molecule has 0 aliphatic carbocycles. The molecule has 1 aromatic carbocycles. The molecule has 0 bridgehead atoms. The van der Waals surface area contributed by atoms with Gasteiger partial charge in [-0.3, -0.25) is 0 Å².